The molecule has 20 nitrogen and oxygen atoms in total. The van der Waals surface area contributed by atoms with Crippen molar-refractivity contribution in [1.29, 1.82) is 0 Å². The van der Waals surface area contributed by atoms with Crippen molar-refractivity contribution in [1.82, 2.24) is 24.5 Å². The number of hydrogen-bond donors (Lipinski definition) is 3. The van der Waals surface area contributed by atoms with Crippen LogP contribution in [0.15, 0.2) is 172 Å². The lowest BCUT2D eigenvalue weighted by Gasteiger charge is -2.30. The number of carboxylic acid groups (broad SMARTS) is 3. The van der Waals surface area contributed by atoms with Gasteiger partial charge in [0.2, 0.25) is 11.8 Å². The first-order chi connectivity index (χ1) is 46.7. The first-order valence-corrected chi connectivity index (χ1v) is 31.6. The molecule has 496 valence electrons. The van der Waals surface area contributed by atoms with Crippen LogP contribution in [0.25, 0.3) is 34.0 Å². The molecular weight excluding hydrogens is 1180 g/mol. The van der Waals surface area contributed by atoms with Crippen LogP contribution in [0.2, 0.25) is 0 Å². The van der Waals surface area contributed by atoms with Crippen molar-refractivity contribution >= 4 is 35.0 Å². The van der Waals surface area contributed by atoms with Crippen LogP contribution in [0.4, 0.5) is 17.1 Å². The number of carboxylic acids is 3. The van der Waals surface area contributed by atoms with Gasteiger partial charge in [0.15, 0.2) is 0 Å². The number of unbranched alkanes of at least 4 members (excludes halogenated alkanes) is 6. The predicted octanol–water partition coefficient (Wildman–Crippen LogP) is 16.0. The van der Waals surface area contributed by atoms with Gasteiger partial charge >= 0.3 is 17.9 Å². The lowest BCUT2D eigenvalue weighted by Crippen LogP contribution is -2.30. The van der Waals surface area contributed by atoms with Crippen LogP contribution >= 0.6 is 0 Å². The number of furan rings is 3. The summed E-state index contributed by atoms with van der Waals surface area (Å²) in [7, 11) is 3.58. The van der Waals surface area contributed by atoms with Crippen molar-refractivity contribution in [2.75, 3.05) is 34.5 Å². The van der Waals surface area contributed by atoms with E-state index in [1.165, 1.54) is 6.20 Å². The van der Waals surface area contributed by atoms with Crippen LogP contribution in [0.1, 0.15) is 142 Å². The van der Waals surface area contributed by atoms with Crippen molar-refractivity contribution in [3.05, 3.63) is 176 Å². The third-order valence-electron chi connectivity index (χ3n) is 14.6. The van der Waals surface area contributed by atoms with Gasteiger partial charge in [-0.05, 0) is 215 Å². The minimum Gasteiger partial charge on any atom is -0.492 e. The van der Waals surface area contributed by atoms with E-state index in [0.29, 0.717) is 81.2 Å². The summed E-state index contributed by atoms with van der Waals surface area (Å²) in [6, 6.07) is 34.9. The van der Waals surface area contributed by atoms with E-state index in [1.807, 2.05) is 169 Å². The van der Waals surface area contributed by atoms with Crippen molar-refractivity contribution in [2.45, 2.75) is 156 Å². The standard InChI is InChI=1S/C25H30N2O4.2C24H31N3O4/c1-19(2)27(22-11-9-20(10-12-22)23-7-6-16-30-23)18-21-13-14-26-17-24(21)31-15-5-3-4-8-25(28)29;2*1-18(2)27(21-12-10-19(11-13-21)22-8-7-15-30-22)17-20-16-26(3)25-24(20)31-14-6-4-5-9-23(28)29/h6-7,9-14,16-17,19H,3-5,8,15,18H2,1-2H3,(H,28,29);2*7-8,10-13,15-16,18H,4-6,9,14,17H2,1-3H3,(H,28,29)/i18D2;18D;17D2. The molecule has 0 bridgehead atoms. The number of aliphatic carboxylic acids is 3. The Morgan fingerprint density at radius 1 is 0.495 bits per heavy atom. The van der Waals surface area contributed by atoms with E-state index in [1.54, 1.807) is 63.5 Å². The number of aromatic nitrogens is 5. The van der Waals surface area contributed by atoms with Gasteiger partial charge in [0.25, 0.3) is 0 Å². The van der Waals surface area contributed by atoms with Gasteiger partial charge in [-0.2, -0.15) is 0 Å². The monoisotopic (exact) mass is 1280 g/mol. The highest BCUT2D eigenvalue weighted by Gasteiger charge is 2.21. The molecule has 0 radical (unpaired) electrons. The molecule has 20 heteroatoms. The summed E-state index contributed by atoms with van der Waals surface area (Å²) in [5.74, 6) is 1.13. The summed E-state index contributed by atoms with van der Waals surface area (Å²) >= 11 is 0. The number of aryl methyl sites for hydroxylation is 2. The Labute approximate surface area is 553 Å². The number of ether oxygens (including phenoxy) is 3. The molecule has 9 rings (SSSR count). The Bertz CT molecular complexity index is 3840. The summed E-state index contributed by atoms with van der Waals surface area (Å²) in [4.78, 5) is 41.4. The third-order valence-corrected chi connectivity index (χ3v) is 14.6. The molecule has 9 aromatic rings. The first-order valence-electron chi connectivity index (χ1n) is 34.1. The number of hydrogen-bond acceptors (Lipinski definition) is 15. The summed E-state index contributed by atoms with van der Waals surface area (Å²) in [5.41, 5.74) is 6.85. The van der Waals surface area contributed by atoms with E-state index >= 15 is 0 Å². The topological polar surface area (TPSA) is 237 Å². The SMILES string of the molecule is [2H]C(C)(C)N(Cc1cn(C)nc1OCCCCCC(=O)O)c1ccc(-c2ccco2)cc1.[2H]C([2H])(c1ccncc1OCCCCCC(=O)O)N(c1ccc(-c2ccco2)cc1)C(C)C.[2H]C([2H])(c1cn(C)nc1OCCCCCC(=O)O)N(c1ccc(-c2ccco2)cc1)C(C)C. The Hall–Kier alpha value is -9.72. The average Bonchev–Trinajstić information content (AvgIpc) is 1.30. The fraction of sp³-hybridized carbons (Fsp3) is 0.397. The van der Waals surface area contributed by atoms with Crippen molar-refractivity contribution in [3.8, 4) is 51.5 Å². The molecule has 6 heterocycles. The molecule has 93 heavy (non-hydrogen) atoms. The molecule has 0 aliphatic rings. The van der Waals surface area contributed by atoms with E-state index in [9.17, 15) is 14.4 Å². The van der Waals surface area contributed by atoms with Gasteiger partial charge in [-0.1, -0.05) is 0 Å². The maximum Gasteiger partial charge on any atom is 0.303 e. The molecule has 0 saturated carbocycles. The number of nitrogens with zero attached hydrogens (tertiary/aromatic N) is 8. The van der Waals surface area contributed by atoms with Gasteiger partial charge in [0.05, 0.1) is 75.8 Å². The Morgan fingerprint density at radius 2 is 0.871 bits per heavy atom. The highest BCUT2D eigenvalue weighted by atomic mass is 16.5. The second kappa shape index (κ2) is 37.0. The summed E-state index contributed by atoms with van der Waals surface area (Å²) in [6.07, 6.45) is 18.2. The van der Waals surface area contributed by atoms with Crippen molar-refractivity contribution < 1.29 is 64.0 Å². The van der Waals surface area contributed by atoms with Crippen LogP contribution in [0.3, 0.4) is 0 Å². The number of benzene rings is 3. The minimum atomic E-state index is -1.88. The molecule has 0 spiro atoms. The lowest BCUT2D eigenvalue weighted by atomic mass is 10.1. The zero-order chi connectivity index (χ0) is 71.0. The highest BCUT2D eigenvalue weighted by Crippen LogP contribution is 2.32. The molecule has 0 fully saturated rings. The Morgan fingerprint density at radius 3 is 1.25 bits per heavy atom. The van der Waals surface area contributed by atoms with Gasteiger partial charge in [0.1, 0.15) is 23.0 Å². The van der Waals surface area contributed by atoms with E-state index < -0.39 is 36.9 Å². The second-order valence-electron chi connectivity index (χ2n) is 22.9. The number of pyridine rings is 1. The van der Waals surface area contributed by atoms with Gasteiger partial charge in [-0.3, -0.25) is 28.7 Å². The van der Waals surface area contributed by atoms with Gasteiger partial charge in [-0.25, -0.2) is 0 Å². The van der Waals surface area contributed by atoms with Gasteiger partial charge in [0, 0.05) is 116 Å². The first kappa shape index (κ1) is 63.4. The smallest absolute Gasteiger partial charge is 0.303 e. The quantitative estimate of drug-likeness (QED) is 0.0309. The largest absolute Gasteiger partial charge is 0.492 e. The van der Waals surface area contributed by atoms with Crippen LogP contribution in [-0.4, -0.2) is 95.7 Å². The van der Waals surface area contributed by atoms with E-state index in [-0.39, 0.29) is 37.2 Å². The third kappa shape index (κ3) is 23.2. The van der Waals surface area contributed by atoms with Gasteiger partial charge < -0.3 is 57.5 Å². The molecule has 6 aromatic heterocycles. The molecular formula is C73H92N8O12. The summed E-state index contributed by atoms with van der Waals surface area (Å²) in [6.45, 7) is 9.41. The molecule has 0 aliphatic carbocycles. The Kier molecular flexibility index (Phi) is 25.2. The number of carbonyl (C=O) groups is 3. The molecule has 0 unspecified atom stereocenters. The van der Waals surface area contributed by atoms with Gasteiger partial charge in [-0.15, -0.1) is 10.2 Å². The fourth-order valence-electron chi connectivity index (χ4n) is 9.80. The molecule has 0 atom stereocenters. The Balaban J connectivity index is 0.000000207. The zero-order valence-corrected chi connectivity index (χ0v) is 54.6. The maximum atomic E-state index is 10.6. The molecule has 0 saturated heterocycles. The summed E-state index contributed by atoms with van der Waals surface area (Å²) in [5, 5.41) is 35.0. The van der Waals surface area contributed by atoms with Crippen molar-refractivity contribution in [2.24, 2.45) is 14.1 Å². The van der Waals surface area contributed by atoms with Crippen LogP contribution in [0, 0.1) is 0 Å². The van der Waals surface area contributed by atoms with E-state index in [4.69, 9.17) is 49.6 Å². The molecule has 0 amide bonds. The van der Waals surface area contributed by atoms with Crippen LogP contribution < -0.4 is 28.9 Å². The van der Waals surface area contributed by atoms with E-state index in [0.717, 1.165) is 82.3 Å². The van der Waals surface area contributed by atoms with Crippen molar-refractivity contribution in [3.63, 3.8) is 0 Å². The lowest BCUT2D eigenvalue weighted by molar-refractivity contribution is -0.138. The zero-order valence-electron chi connectivity index (χ0n) is 59.6. The highest BCUT2D eigenvalue weighted by molar-refractivity contribution is 5.68. The predicted molar refractivity (Wildman–Crippen MR) is 362 cm³/mol. The number of rotatable bonds is 36. The van der Waals surface area contributed by atoms with Crippen LogP contribution in [0.5, 0.6) is 17.5 Å². The maximum absolute atomic E-state index is 10.6. The average molecular weight is 1280 g/mol. The molecule has 0 aliphatic heterocycles. The molecule has 3 aromatic carbocycles. The fourth-order valence-corrected chi connectivity index (χ4v) is 9.80. The molecule has 3 N–H and O–H groups in total. The number of anilines is 3. The van der Waals surface area contributed by atoms with E-state index in [2.05, 4.69) is 15.2 Å². The summed E-state index contributed by atoms with van der Waals surface area (Å²) < 4.78 is 82.0. The minimum absolute atomic E-state index is 0.133. The second-order valence-corrected chi connectivity index (χ2v) is 22.9. The van der Waals surface area contributed by atoms with Crippen LogP contribution in [-0.2, 0) is 48.0 Å². The normalized spacial score (nSPS) is 12.3.